The summed E-state index contributed by atoms with van der Waals surface area (Å²) in [5.41, 5.74) is 2.44. The van der Waals surface area contributed by atoms with Crippen LogP contribution in [0, 0.1) is 0 Å². The van der Waals surface area contributed by atoms with Gasteiger partial charge in [0.15, 0.2) is 0 Å². The van der Waals surface area contributed by atoms with E-state index in [1.165, 1.54) is 31.4 Å². The van der Waals surface area contributed by atoms with Crippen LogP contribution in [0.4, 0.5) is 0 Å². The molecule has 0 spiro atoms. The maximum Gasteiger partial charge on any atom is 0.337 e. The standard InChI is InChI=1S/C12H18N2O4S/c1-12(2,3)13-14-19(16,17)10-7-5-6-9(8-10)11(15)18-4/h5-8,13-14H,1-4H3. The topological polar surface area (TPSA) is 84.5 Å². The Labute approximate surface area is 113 Å². The van der Waals surface area contributed by atoms with Gasteiger partial charge >= 0.3 is 5.97 Å². The molecule has 0 aromatic heterocycles. The Morgan fingerprint density at radius 2 is 1.89 bits per heavy atom. The minimum Gasteiger partial charge on any atom is -0.465 e. The maximum atomic E-state index is 12.0. The van der Waals surface area contributed by atoms with E-state index in [1.54, 1.807) is 0 Å². The van der Waals surface area contributed by atoms with Crippen molar-refractivity contribution < 1.29 is 17.9 Å². The normalized spacial score (nSPS) is 12.2. The lowest BCUT2D eigenvalue weighted by molar-refractivity contribution is 0.0600. The Morgan fingerprint density at radius 1 is 1.26 bits per heavy atom. The average molecular weight is 286 g/mol. The van der Waals surface area contributed by atoms with Crippen molar-refractivity contribution in [2.24, 2.45) is 0 Å². The van der Waals surface area contributed by atoms with E-state index in [4.69, 9.17) is 0 Å². The number of hydrogen-bond donors (Lipinski definition) is 2. The molecule has 0 amide bonds. The number of methoxy groups -OCH3 is 1. The first-order valence-corrected chi connectivity index (χ1v) is 7.11. The van der Waals surface area contributed by atoms with Crippen LogP contribution in [-0.2, 0) is 14.8 Å². The van der Waals surface area contributed by atoms with Gasteiger partial charge in [-0.15, -0.1) is 4.83 Å². The molecule has 0 bridgehead atoms. The first-order valence-electron chi connectivity index (χ1n) is 5.63. The highest BCUT2D eigenvalue weighted by Gasteiger charge is 2.19. The summed E-state index contributed by atoms with van der Waals surface area (Å²) in [5, 5.41) is 0. The van der Waals surface area contributed by atoms with E-state index in [9.17, 15) is 13.2 Å². The molecule has 0 unspecified atom stereocenters. The first kappa shape index (κ1) is 15.6. The number of benzene rings is 1. The molecule has 1 aromatic rings. The molecule has 19 heavy (non-hydrogen) atoms. The van der Waals surface area contributed by atoms with Gasteiger partial charge in [0, 0.05) is 5.54 Å². The molecule has 0 saturated carbocycles. The summed E-state index contributed by atoms with van der Waals surface area (Å²) in [4.78, 5) is 13.6. The molecule has 2 N–H and O–H groups in total. The zero-order valence-corrected chi connectivity index (χ0v) is 12.2. The second kappa shape index (κ2) is 5.68. The highest BCUT2D eigenvalue weighted by atomic mass is 32.2. The minimum absolute atomic E-state index is 0.00727. The van der Waals surface area contributed by atoms with E-state index in [0.717, 1.165) is 0 Å². The van der Waals surface area contributed by atoms with Crippen LogP contribution < -0.4 is 10.3 Å². The molecule has 0 aliphatic heterocycles. The molecule has 0 fully saturated rings. The lowest BCUT2D eigenvalue weighted by Gasteiger charge is -2.21. The molecule has 1 rings (SSSR count). The van der Waals surface area contributed by atoms with Gasteiger partial charge in [-0.2, -0.15) is 0 Å². The quantitative estimate of drug-likeness (QED) is 0.638. The van der Waals surface area contributed by atoms with Crippen molar-refractivity contribution in [3.63, 3.8) is 0 Å². The lowest BCUT2D eigenvalue weighted by Crippen LogP contribution is -2.48. The van der Waals surface area contributed by atoms with Crippen molar-refractivity contribution in [2.45, 2.75) is 31.2 Å². The van der Waals surface area contributed by atoms with Crippen LogP contribution in [0.5, 0.6) is 0 Å². The fraction of sp³-hybridized carbons (Fsp3) is 0.417. The van der Waals surface area contributed by atoms with Gasteiger partial charge in [-0.05, 0) is 39.0 Å². The number of hydrogen-bond acceptors (Lipinski definition) is 5. The van der Waals surface area contributed by atoms with Gasteiger partial charge in [0.25, 0.3) is 10.0 Å². The molecular formula is C12H18N2O4S. The molecule has 1 aromatic carbocycles. The van der Waals surface area contributed by atoms with E-state index in [2.05, 4.69) is 15.0 Å². The predicted molar refractivity (Wildman–Crippen MR) is 71.0 cm³/mol. The third kappa shape index (κ3) is 4.62. The summed E-state index contributed by atoms with van der Waals surface area (Å²) in [5.74, 6) is -0.583. The van der Waals surface area contributed by atoms with Crippen molar-refractivity contribution >= 4 is 16.0 Å². The largest absolute Gasteiger partial charge is 0.465 e. The van der Waals surface area contributed by atoms with Gasteiger partial charge in [-0.3, -0.25) is 0 Å². The Hall–Kier alpha value is -1.44. The van der Waals surface area contributed by atoms with Gasteiger partial charge < -0.3 is 4.74 Å². The van der Waals surface area contributed by atoms with Crippen LogP contribution in [0.1, 0.15) is 31.1 Å². The van der Waals surface area contributed by atoms with Gasteiger partial charge in [0.2, 0.25) is 0 Å². The number of nitrogens with one attached hydrogen (secondary N) is 2. The third-order valence-electron chi connectivity index (χ3n) is 2.13. The zero-order chi connectivity index (χ0) is 14.7. The van der Waals surface area contributed by atoms with Crippen molar-refractivity contribution in [2.75, 3.05) is 7.11 Å². The molecule has 0 aliphatic carbocycles. The number of carbonyl (C=O) groups is 1. The lowest BCUT2D eigenvalue weighted by atomic mass is 10.1. The maximum absolute atomic E-state index is 12.0. The van der Waals surface area contributed by atoms with E-state index < -0.39 is 21.5 Å². The summed E-state index contributed by atoms with van der Waals surface area (Å²) in [6, 6.07) is 5.64. The summed E-state index contributed by atoms with van der Waals surface area (Å²) in [7, 11) is -2.49. The highest BCUT2D eigenvalue weighted by molar-refractivity contribution is 7.89. The fourth-order valence-electron chi connectivity index (χ4n) is 1.19. The second-order valence-corrected chi connectivity index (χ2v) is 6.68. The fourth-order valence-corrected chi connectivity index (χ4v) is 2.29. The summed E-state index contributed by atoms with van der Waals surface area (Å²) < 4.78 is 28.6. The number of carbonyl (C=O) groups excluding carboxylic acids is 1. The SMILES string of the molecule is COC(=O)c1cccc(S(=O)(=O)NNC(C)(C)C)c1. The number of esters is 1. The number of rotatable bonds is 4. The third-order valence-corrected chi connectivity index (χ3v) is 3.37. The molecule has 0 radical (unpaired) electrons. The highest BCUT2D eigenvalue weighted by Crippen LogP contribution is 2.12. The number of sulfonamides is 1. The van der Waals surface area contributed by atoms with Crippen LogP contribution in [-0.4, -0.2) is 27.0 Å². The van der Waals surface area contributed by atoms with Gasteiger partial charge in [0.1, 0.15) is 0 Å². The molecular weight excluding hydrogens is 268 g/mol. The Kier molecular flexibility index (Phi) is 4.67. The molecule has 0 atom stereocenters. The van der Waals surface area contributed by atoms with Crippen molar-refractivity contribution in [1.82, 2.24) is 10.3 Å². The Balaban J connectivity index is 2.99. The van der Waals surface area contributed by atoms with Crippen LogP contribution >= 0.6 is 0 Å². The van der Waals surface area contributed by atoms with E-state index in [0.29, 0.717) is 0 Å². The Morgan fingerprint density at radius 3 is 2.42 bits per heavy atom. The van der Waals surface area contributed by atoms with E-state index in [1.807, 2.05) is 20.8 Å². The van der Waals surface area contributed by atoms with Crippen LogP contribution in [0.2, 0.25) is 0 Å². The predicted octanol–water partition coefficient (Wildman–Crippen LogP) is 1.05. The minimum atomic E-state index is -3.73. The van der Waals surface area contributed by atoms with Crippen LogP contribution in [0.15, 0.2) is 29.2 Å². The van der Waals surface area contributed by atoms with Crippen molar-refractivity contribution in [3.8, 4) is 0 Å². The molecule has 7 heteroatoms. The van der Waals surface area contributed by atoms with Crippen LogP contribution in [0.25, 0.3) is 0 Å². The van der Waals surface area contributed by atoms with E-state index in [-0.39, 0.29) is 10.5 Å². The second-order valence-electron chi connectivity index (χ2n) is 5.00. The molecule has 106 valence electrons. The average Bonchev–Trinajstić information content (AvgIpc) is 2.35. The smallest absolute Gasteiger partial charge is 0.337 e. The zero-order valence-electron chi connectivity index (χ0n) is 11.4. The molecule has 0 saturated heterocycles. The van der Waals surface area contributed by atoms with E-state index >= 15 is 0 Å². The van der Waals surface area contributed by atoms with Gasteiger partial charge in [-0.25, -0.2) is 18.6 Å². The molecule has 6 nitrogen and oxygen atoms in total. The van der Waals surface area contributed by atoms with Crippen LogP contribution in [0.3, 0.4) is 0 Å². The monoisotopic (exact) mass is 286 g/mol. The summed E-state index contributed by atoms with van der Waals surface area (Å²) in [6.07, 6.45) is 0. The first-order chi connectivity index (χ1) is 8.65. The molecule has 0 aliphatic rings. The molecule has 0 heterocycles. The van der Waals surface area contributed by atoms with Crippen molar-refractivity contribution in [3.05, 3.63) is 29.8 Å². The Bertz CT molecular complexity index is 561. The summed E-state index contributed by atoms with van der Waals surface area (Å²) >= 11 is 0. The number of ether oxygens (including phenoxy) is 1. The summed E-state index contributed by atoms with van der Waals surface area (Å²) in [6.45, 7) is 5.46. The van der Waals surface area contributed by atoms with Gasteiger partial charge in [-0.1, -0.05) is 6.07 Å². The number of hydrazine groups is 1. The van der Waals surface area contributed by atoms with Gasteiger partial charge in [0.05, 0.1) is 17.6 Å². The van der Waals surface area contributed by atoms with Crippen molar-refractivity contribution in [1.29, 1.82) is 0 Å².